The lowest BCUT2D eigenvalue weighted by molar-refractivity contribution is -0.118. The number of carbonyl (C=O) groups excluding carboxylic acids is 1. The number of likely N-dealkylation sites (tertiary alicyclic amines) is 1. The minimum Gasteiger partial charge on any atom is -0.370 e. The summed E-state index contributed by atoms with van der Waals surface area (Å²) in [5, 5.41) is 3.55. The molecular weight excluding hydrogens is 214 g/mol. The van der Waals surface area contributed by atoms with E-state index >= 15 is 0 Å². The van der Waals surface area contributed by atoms with Crippen LogP contribution in [0.4, 0.5) is 0 Å². The Hall–Kier alpha value is -0.610. The highest BCUT2D eigenvalue weighted by Gasteiger charge is 2.15. The zero-order chi connectivity index (χ0) is 12.5. The van der Waals surface area contributed by atoms with Gasteiger partial charge in [0.25, 0.3) is 0 Å². The molecule has 3 N–H and O–H groups in total. The maximum absolute atomic E-state index is 10.6. The van der Waals surface area contributed by atoms with Crippen LogP contribution < -0.4 is 11.1 Å². The lowest BCUT2D eigenvalue weighted by Crippen LogP contribution is -2.32. The van der Waals surface area contributed by atoms with Crippen molar-refractivity contribution in [2.75, 3.05) is 26.2 Å². The summed E-state index contributed by atoms with van der Waals surface area (Å²) in [5.74, 6) is -0.193. The summed E-state index contributed by atoms with van der Waals surface area (Å²) < 4.78 is 0. The van der Waals surface area contributed by atoms with Crippen LogP contribution >= 0.6 is 0 Å². The average Bonchev–Trinajstić information content (AvgIpc) is 2.51. The Morgan fingerprint density at radius 2 is 2.24 bits per heavy atom. The van der Waals surface area contributed by atoms with Gasteiger partial charge >= 0.3 is 0 Å². The van der Waals surface area contributed by atoms with E-state index in [1.807, 2.05) is 0 Å². The number of nitrogens with zero attached hydrogens (tertiary/aromatic N) is 1. The van der Waals surface area contributed by atoms with Gasteiger partial charge in [0.1, 0.15) is 0 Å². The predicted molar refractivity (Wildman–Crippen MR) is 70.8 cm³/mol. The predicted octanol–water partition coefficient (Wildman–Crippen LogP) is 1.11. The molecule has 0 aromatic rings. The molecule has 4 heteroatoms. The van der Waals surface area contributed by atoms with Crippen LogP contribution in [-0.2, 0) is 4.79 Å². The van der Waals surface area contributed by atoms with Crippen LogP contribution in [0.1, 0.15) is 45.4 Å². The van der Waals surface area contributed by atoms with Gasteiger partial charge < -0.3 is 16.0 Å². The van der Waals surface area contributed by atoms with Crippen LogP contribution in [0.25, 0.3) is 0 Å². The number of primary amides is 1. The van der Waals surface area contributed by atoms with Gasteiger partial charge in [0.2, 0.25) is 5.91 Å². The van der Waals surface area contributed by atoms with Crippen molar-refractivity contribution in [1.82, 2.24) is 10.2 Å². The summed E-state index contributed by atoms with van der Waals surface area (Å²) in [6.07, 6.45) is 6.39. The monoisotopic (exact) mass is 241 g/mol. The van der Waals surface area contributed by atoms with Crippen molar-refractivity contribution in [2.45, 2.75) is 51.5 Å². The summed E-state index contributed by atoms with van der Waals surface area (Å²) >= 11 is 0. The third kappa shape index (κ3) is 6.64. The van der Waals surface area contributed by atoms with Gasteiger partial charge in [-0.1, -0.05) is 6.92 Å². The molecule has 1 unspecified atom stereocenters. The molecule has 0 bridgehead atoms. The second-order valence-corrected chi connectivity index (χ2v) is 4.99. The van der Waals surface area contributed by atoms with E-state index < -0.39 is 0 Å². The zero-order valence-electron chi connectivity index (χ0n) is 11.1. The molecule has 0 spiro atoms. The number of nitrogens with two attached hydrogens (primary N) is 1. The second-order valence-electron chi connectivity index (χ2n) is 4.99. The highest BCUT2D eigenvalue weighted by Crippen LogP contribution is 2.11. The Morgan fingerprint density at radius 3 is 2.94 bits per heavy atom. The van der Waals surface area contributed by atoms with Gasteiger partial charge in [0, 0.05) is 12.5 Å². The smallest absolute Gasteiger partial charge is 0.217 e. The molecule has 4 nitrogen and oxygen atoms in total. The molecule has 1 aliphatic rings. The molecule has 1 fully saturated rings. The van der Waals surface area contributed by atoms with E-state index in [-0.39, 0.29) is 5.91 Å². The van der Waals surface area contributed by atoms with Crippen LogP contribution in [0.5, 0.6) is 0 Å². The van der Waals surface area contributed by atoms with Gasteiger partial charge in [-0.15, -0.1) is 0 Å². The van der Waals surface area contributed by atoms with E-state index in [1.54, 1.807) is 0 Å². The molecule has 1 aliphatic heterocycles. The number of hydrogen-bond acceptors (Lipinski definition) is 3. The Kier molecular flexibility index (Phi) is 7.21. The van der Waals surface area contributed by atoms with Crippen molar-refractivity contribution in [2.24, 2.45) is 5.73 Å². The van der Waals surface area contributed by atoms with Gasteiger partial charge in [-0.05, 0) is 58.3 Å². The summed E-state index contributed by atoms with van der Waals surface area (Å²) in [6.45, 7) is 6.84. The van der Waals surface area contributed by atoms with E-state index in [4.69, 9.17) is 5.73 Å². The standard InChI is InChI=1S/C13H27N3O/c1-2-9-16-10-4-5-12(7-11-16)15-8-3-6-13(14)17/h12,15H,2-11H2,1H3,(H2,14,17). The van der Waals surface area contributed by atoms with Crippen molar-refractivity contribution >= 4 is 5.91 Å². The van der Waals surface area contributed by atoms with E-state index in [2.05, 4.69) is 17.1 Å². The zero-order valence-corrected chi connectivity index (χ0v) is 11.1. The van der Waals surface area contributed by atoms with E-state index in [1.165, 1.54) is 45.3 Å². The molecule has 1 saturated heterocycles. The number of rotatable bonds is 7. The van der Waals surface area contributed by atoms with Crippen molar-refractivity contribution < 1.29 is 4.79 Å². The maximum Gasteiger partial charge on any atom is 0.217 e. The molecule has 1 atom stereocenters. The van der Waals surface area contributed by atoms with Crippen LogP contribution in [-0.4, -0.2) is 43.0 Å². The minimum atomic E-state index is -0.193. The van der Waals surface area contributed by atoms with Gasteiger partial charge in [-0.25, -0.2) is 0 Å². The third-order valence-corrected chi connectivity index (χ3v) is 3.39. The molecule has 1 rings (SSSR count). The van der Waals surface area contributed by atoms with E-state index in [0.717, 1.165) is 13.0 Å². The quantitative estimate of drug-likeness (QED) is 0.656. The van der Waals surface area contributed by atoms with Gasteiger partial charge in [0.15, 0.2) is 0 Å². The third-order valence-electron chi connectivity index (χ3n) is 3.39. The fourth-order valence-electron chi connectivity index (χ4n) is 2.47. The molecule has 0 aromatic heterocycles. The maximum atomic E-state index is 10.6. The number of amides is 1. The van der Waals surface area contributed by atoms with Crippen LogP contribution in [0, 0.1) is 0 Å². The molecule has 1 heterocycles. The van der Waals surface area contributed by atoms with Gasteiger partial charge in [-0.3, -0.25) is 4.79 Å². The van der Waals surface area contributed by atoms with Gasteiger partial charge in [0.05, 0.1) is 0 Å². The lowest BCUT2D eigenvalue weighted by atomic mass is 10.1. The fraction of sp³-hybridized carbons (Fsp3) is 0.923. The van der Waals surface area contributed by atoms with Crippen molar-refractivity contribution in [1.29, 1.82) is 0 Å². The van der Waals surface area contributed by atoms with Gasteiger partial charge in [-0.2, -0.15) is 0 Å². The SMILES string of the molecule is CCCN1CCCC(NCCCC(N)=O)CC1. The first-order valence-electron chi connectivity index (χ1n) is 6.96. The minimum absolute atomic E-state index is 0.193. The first-order chi connectivity index (χ1) is 8.22. The normalized spacial score (nSPS) is 22.3. The summed E-state index contributed by atoms with van der Waals surface area (Å²) in [6, 6.07) is 0.629. The number of nitrogens with one attached hydrogen (secondary N) is 1. The number of carbonyl (C=O) groups is 1. The second kappa shape index (κ2) is 8.48. The topological polar surface area (TPSA) is 58.4 Å². The van der Waals surface area contributed by atoms with Crippen molar-refractivity contribution in [3.05, 3.63) is 0 Å². The molecule has 0 aliphatic carbocycles. The molecular formula is C13H27N3O. The number of hydrogen-bond donors (Lipinski definition) is 2. The summed E-state index contributed by atoms with van der Waals surface area (Å²) in [4.78, 5) is 13.2. The molecule has 17 heavy (non-hydrogen) atoms. The van der Waals surface area contributed by atoms with Crippen LogP contribution in [0.15, 0.2) is 0 Å². The molecule has 0 radical (unpaired) electrons. The molecule has 0 aromatic carbocycles. The van der Waals surface area contributed by atoms with E-state index in [0.29, 0.717) is 12.5 Å². The summed E-state index contributed by atoms with van der Waals surface area (Å²) in [7, 11) is 0. The molecule has 100 valence electrons. The fourth-order valence-corrected chi connectivity index (χ4v) is 2.47. The Balaban J connectivity index is 2.11. The van der Waals surface area contributed by atoms with Crippen molar-refractivity contribution in [3.63, 3.8) is 0 Å². The first-order valence-corrected chi connectivity index (χ1v) is 6.96. The Morgan fingerprint density at radius 1 is 1.41 bits per heavy atom. The highest BCUT2D eigenvalue weighted by atomic mass is 16.1. The molecule has 1 amide bonds. The Bertz CT molecular complexity index is 221. The van der Waals surface area contributed by atoms with Crippen LogP contribution in [0.2, 0.25) is 0 Å². The highest BCUT2D eigenvalue weighted by molar-refractivity contribution is 5.73. The lowest BCUT2D eigenvalue weighted by Gasteiger charge is -2.19. The first kappa shape index (κ1) is 14.5. The average molecular weight is 241 g/mol. The molecule has 0 saturated carbocycles. The van der Waals surface area contributed by atoms with Crippen LogP contribution in [0.3, 0.4) is 0 Å². The largest absolute Gasteiger partial charge is 0.370 e. The summed E-state index contributed by atoms with van der Waals surface area (Å²) in [5.41, 5.74) is 5.11. The van der Waals surface area contributed by atoms with Crippen molar-refractivity contribution in [3.8, 4) is 0 Å². The Labute approximate surface area is 105 Å². The van der Waals surface area contributed by atoms with E-state index in [9.17, 15) is 4.79 Å².